The Morgan fingerprint density at radius 3 is 2.89 bits per heavy atom. The fourth-order valence-corrected chi connectivity index (χ4v) is 2.04. The van der Waals surface area contributed by atoms with Crippen molar-refractivity contribution in [3.05, 3.63) is 48.4 Å². The van der Waals surface area contributed by atoms with E-state index < -0.39 is 0 Å². The first-order valence-corrected chi connectivity index (χ1v) is 5.83. The molecule has 18 heavy (non-hydrogen) atoms. The van der Waals surface area contributed by atoms with Gasteiger partial charge in [0.05, 0.1) is 0 Å². The minimum atomic E-state index is 0.617. The van der Waals surface area contributed by atoms with E-state index in [1.54, 1.807) is 12.5 Å². The standard InChI is InChI=1S/C13H13N5/c14-7-5-10-3-1-2-4-11(10)13-17-16-12-6-8-15-9-18(12)13/h1-4,6,8-9H,5,7,14H2. The van der Waals surface area contributed by atoms with Crippen LogP contribution in [0.3, 0.4) is 0 Å². The summed E-state index contributed by atoms with van der Waals surface area (Å²) in [6, 6.07) is 9.94. The summed E-state index contributed by atoms with van der Waals surface area (Å²) in [6.07, 6.45) is 4.26. The summed E-state index contributed by atoms with van der Waals surface area (Å²) < 4.78 is 1.88. The molecular weight excluding hydrogens is 226 g/mol. The molecule has 0 saturated heterocycles. The average molecular weight is 239 g/mol. The zero-order valence-electron chi connectivity index (χ0n) is 9.82. The van der Waals surface area contributed by atoms with Gasteiger partial charge in [0.15, 0.2) is 11.5 Å². The Kier molecular flexibility index (Phi) is 2.74. The van der Waals surface area contributed by atoms with Crippen molar-refractivity contribution in [2.24, 2.45) is 5.73 Å². The van der Waals surface area contributed by atoms with Crippen molar-refractivity contribution in [1.29, 1.82) is 0 Å². The monoisotopic (exact) mass is 239 g/mol. The molecule has 3 rings (SSSR count). The van der Waals surface area contributed by atoms with Crippen molar-refractivity contribution in [3.63, 3.8) is 0 Å². The summed E-state index contributed by atoms with van der Waals surface area (Å²) in [5.41, 5.74) is 8.67. The Hall–Kier alpha value is -2.27. The molecule has 0 bridgehead atoms. The van der Waals surface area contributed by atoms with Crippen LogP contribution >= 0.6 is 0 Å². The van der Waals surface area contributed by atoms with Crippen molar-refractivity contribution >= 4 is 5.65 Å². The number of nitrogens with two attached hydrogens (primary N) is 1. The molecule has 0 saturated carbocycles. The molecule has 2 heterocycles. The number of aromatic nitrogens is 4. The van der Waals surface area contributed by atoms with E-state index in [4.69, 9.17) is 5.73 Å². The first kappa shape index (κ1) is 10.9. The first-order chi connectivity index (χ1) is 8.90. The molecule has 0 aliphatic carbocycles. The largest absolute Gasteiger partial charge is 0.330 e. The van der Waals surface area contributed by atoms with E-state index >= 15 is 0 Å². The van der Waals surface area contributed by atoms with Gasteiger partial charge in [-0.3, -0.25) is 4.40 Å². The molecule has 5 heteroatoms. The molecule has 90 valence electrons. The molecule has 0 aliphatic rings. The summed E-state index contributed by atoms with van der Waals surface area (Å²) in [5, 5.41) is 8.38. The summed E-state index contributed by atoms with van der Waals surface area (Å²) in [5.74, 6) is 0.808. The molecule has 5 nitrogen and oxygen atoms in total. The number of hydrogen-bond acceptors (Lipinski definition) is 4. The van der Waals surface area contributed by atoms with Crippen LogP contribution in [0, 0.1) is 0 Å². The highest BCUT2D eigenvalue weighted by Gasteiger charge is 2.10. The molecule has 0 amide bonds. The predicted molar refractivity (Wildman–Crippen MR) is 69.0 cm³/mol. The normalized spacial score (nSPS) is 10.9. The maximum absolute atomic E-state index is 5.64. The van der Waals surface area contributed by atoms with Gasteiger partial charge in [-0.2, -0.15) is 0 Å². The molecule has 0 unspecified atom stereocenters. The summed E-state index contributed by atoms with van der Waals surface area (Å²) >= 11 is 0. The molecule has 1 aromatic carbocycles. The third-order valence-electron chi connectivity index (χ3n) is 2.89. The van der Waals surface area contributed by atoms with Crippen molar-refractivity contribution in [1.82, 2.24) is 19.6 Å². The Balaban J connectivity index is 2.20. The molecule has 3 aromatic rings. The molecule has 2 aromatic heterocycles. The predicted octanol–water partition coefficient (Wildman–Crippen LogP) is 1.29. The molecule has 0 atom stereocenters. The van der Waals surface area contributed by atoms with Gasteiger partial charge in [0, 0.05) is 17.8 Å². The fourth-order valence-electron chi connectivity index (χ4n) is 2.04. The number of hydrogen-bond donors (Lipinski definition) is 1. The number of nitrogens with zero attached hydrogens (tertiary/aromatic N) is 4. The number of fused-ring (bicyclic) bond motifs is 1. The molecule has 0 spiro atoms. The smallest absolute Gasteiger partial charge is 0.169 e. The van der Waals surface area contributed by atoms with Gasteiger partial charge in [-0.1, -0.05) is 24.3 Å². The van der Waals surface area contributed by atoms with Crippen LogP contribution in [0.2, 0.25) is 0 Å². The summed E-state index contributed by atoms with van der Waals surface area (Å²) in [7, 11) is 0. The van der Waals surface area contributed by atoms with Gasteiger partial charge >= 0.3 is 0 Å². The van der Waals surface area contributed by atoms with Crippen molar-refractivity contribution in [2.75, 3.05) is 6.54 Å². The molecule has 0 aliphatic heterocycles. The van der Waals surface area contributed by atoms with E-state index in [1.165, 1.54) is 5.56 Å². The van der Waals surface area contributed by atoms with Crippen LogP contribution in [0.15, 0.2) is 42.9 Å². The summed E-state index contributed by atoms with van der Waals surface area (Å²) in [4.78, 5) is 4.11. The molecular formula is C13H13N5. The lowest BCUT2D eigenvalue weighted by Crippen LogP contribution is -2.04. The maximum Gasteiger partial charge on any atom is 0.169 e. The van der Waals surface area contributed by atoms with Gasteiger partial charge in [-0.25, -0.2) is 4.98 Å². The highest BCUT2D eigenvalue weighted by molar-refractivity contribution is 5.63. The van der Waals surface area contributed by atoms with Crippen molar-refractivity contribution in [2.45, 2.75) is 6.42 Å². The minimum absolute atomic E-state index is 0.617. The van der Waals surface area contributed by atoms with Crippen LogP contribution in [0.25, 0.3) is 17.0 Å². The Morgan fingerprint density at radius 1 is 1.11 bits per heavy atom. The van der Waals surface area contributed by atoms with Gasteiger partial charge in [0.25, 0.3) is 0 Å². The lowest BCUT2D eigenvalue weighted by Gasteiger charge is -2.06. The van der Waals surface area contributed by atoms with Gasteiger partial charge in [0.2, 0.25) is 0 Å². The number of rotatable bonds is 3. The third kappa shape index (κ3) is 1.74. The highest BCUT2D eigenvalue weighted by Crippen LogP contribution is 2.22. The first-order valence-electron chi connectivity index (χ1n) is 5.83. The highest BCUT2D eigenvalue weighted by atomic mass is 15.3. The zero-order valence-corrected chi connectivity index (χ0v) is 9.82. The Morgan fingerprint density at radius 2 is 2.00 bits per heavy atom. The molecule has 2 N–H and O–H groups in total. The Labute approximate surface area is 104 Å². The van der Waals surface area contributed by atoms with Crippen LogP contribution in [0.4, 0.5) is 0 Å². The zero-order chi connectivity index (χ0) is 12.4. The van der Waals surface area contributed by atoms with E-state index in [-0.39, 0.29) is 0 Å². The topological polar surface area (TPSA) is 69.1 Å². The lowest BCUT2D eigenvalue weighted by atomic mass is 10.0. The van der Waals surface area contributed by atoms with E-state index in [9.17, 15) is 0 Å². The van der Waals surface area contributed by atoms with E-state index in [0.717, 1.165) is 23.5 Å². The van der Waals surface area contributed by atoms with Crippen LogP contribution in [0.1, 0.15) is 5.56 Å². The van der Waals surface area contributed by atoms with E-state index in [2.05, 4.69) is 21.2 Å². The van der Waals surface area contributed by atoms with Crippen molar-refractivity contribution in [3.8, 4) is 11.4 Å². The third-order valence-corrected chi connectivity index (χ3v) is 2.89. The van der Waals surface area contributed by atoms with Gasteiger partial charge in [0.1, 0.15) is 6.33 Å². The second kappa shape index (κ2) is 4.54. The van der Waals surface area contributed by atoms with E-state index in [0.29, 0.717) is 6.54 Å². The van der Waals surface area contributed by atoms with Gasteiger partial charge in [-0.15, -0.1) is 10.2 Å². The second-order valence-corrected chi connectivity index (χ2v) is 4.03. The van der Waals surface area contributed by atoms with Crippen LogP contribution in [-0.2, 0) is 6.42 Å². The number of benzene rings is 1. The second-order valence-electron chi connectivity index (χ2n) is 4.03. The lowest BCUT2D eigenvalue weighted by molar-refractivity contribution is 0.963. The average Bonchev–Trinajstić information content (AvgIpc) is 2.84. The van der Waals surface area contributed by atoms with E-state index in [1.807, 2.05) is 28.7 Å². The van der Waals surface area contributed by atoms with Crippen molar-refractivity contribution < 1.29 is 0 Å². The SMILES string of the molecule is NCCc1ccccc1-c1nnc2ccncn12. The minimum Gasteiger partial charge on any atom is -0.330 e. The fraction of sp³-hybridized carbons (Fsp3) is 0.154. The summed E-state index contributed by atoms with van der Waals surface area (Å²) in [6.45, 7) is 0.617. The van der Waals surface area contributed by atoms with Crippen LogP contribution in [-0.4, -0.2) is 26.1 Å². The maximum atomic E-state index is 5.64. The van der Waals surface area contributed by atoms with Gasteiger partial charge in [-0.05, 0) is 18.5 Å². The Bertz CT molecular complexity index is 674. The molecule has 0 radical (unpaired) electrons. The quantitative estimate of drug-likeness (QED) is 0.747. The van der Waals surface area contributed by atoms with Crippen LogP contribution < -0.4 is 5.73 Å². The van der Waals surface area contributed by atoms with Crippen LogP contribution in [0.5, 0.6) is 0 Å². The van der Waals surface area contributed by atoms with Gasteiger partial charge < -0.3 is 5.73 Å². The molecule has 0 fully saturated rings.